The average Bonchev–Trinajstić information content (AvgIpc) is 2.68. The summed E-state index contributed by atoms with van der Waals surface area (Å²) >= 11 is 6.10. The Hall–Kier alpha value is -0.730. The third kappa shape index (κ3) is 2.20. The Morgan fingerprint density at radius 2 is 1.79 bits per heavy atom. The summed E-state index contributed by atoms with van der Waals surface area (Å²) < 4.78 is 0. The van der Waals surface area contributed by atoms with Gasteiger partial charge in [0.15, 0.2) is 0 Å². The lowest BCUT2D eigenvalue weighted by atomic mass is 10.2. The second-order valence-corrected chi connectivity index (χ2v) is 4.72. The molecular formula is C12H12S2. The minimum atomic E-state index is 0.925. The molecule has 0 aliphatic carbocycles. The molecule has 0 radical (unpaired) electrons. The van der Waals surface area contributed by atoms with Crippen LogP contribution in [0.15, 0.2) is 42.5 Å². The van der Waals surface area contributed by atoms with E-state index in [1.165, 1.54) is 15.3 Å². The van der Waals surface area contributed by atoms with E-state index in [0.29, 0.717) is 0 Å². The predicted octanol–water partition coefficient (Wildman–Crippen LogP) is 3.89. The molecule has 0 spiro atoms. The molecule has 2 rings (SSSR count). The van der Waals surface area contributed by atoms with E-state index in [4.69, 9.17) is 0 Å². The van der Waals surface area contributed by atoms with Gasteiger partial charge in [-0.25, -0.2) is 0 Å². The second-order valence-electron chi connectivity index (χ2n) is 3.11. The molecule has 0 amide bonds. The van der Waals surface area contributed by atoms with Gasteiger partial charge in [-0.1, -0.05) is 30.3 Å². The van der Waals surface area contributed by atoms with E-state index >= 15 is 0 Å². The van der Waals surface area contributed by atoms with E-state index in [1.807, 2.05) is 17.4 Å². The molecule has 0 bridgehead atoms. The summed E-state index contributed by atoms with van der Waals surface area (Å²) in [5.74, 6) is 0.925. The maximum absolute atomic E-state index is 4.24. The Bertz CT molecular complexity index is 390. The van der Waals surface area contributed by atoms with Gasteiger partial charge >= 0.3 is 0 Å². The van der Waals surface area contributed by atoms with Crippen molar-refractivity contribution in [3.8, 4) is 10.4 Å². The maximum Gasteiger partial charge on any atom is 0.0345 e. The molecule has 0 saturated heterocycles. The molecule has 0 fully saturated rings. The normalized spacial score (nSPS) is 10.4. The van der Waals surface area contributed by atoms with Crippen molar-refractivity contribution in [2.45, 2.75) is 6.42 Å². The molecular weight excluding hydrogens is 208 g/mol. The fourth-order valence-electron chi connectivity index (χ4n) is 1.38. The van der Waals surface area contributed by atoms with Crippen LogP contribution in [0.4, 0.5) is 0 Å². The topological polar surface area (TPSA) is 0 Å². The highest BCUT2D eigenvalue weighted by Gasteiger charge is 2.00. The van der Waals surface area contributed by atoms with Crippen LogP contribution in [0.25, 0.3) is 10.4 Å². The SMILES string of the molecule is SCCc1ccc(-c2ccccc2)s1. The molecule has 2 heteroatoms. The first-order chi connectivity index (χ1) is 6.90. The van der Waals surface area contributed by atoms with Gasteiger partial charge in [-0.3, -0.25) is 0 Å². The van der Waals surface area contributed by atoms with Crippen molar-refractivity contribution in [1.82, 2.24) is 0 Å². The predicted molar refractivity (Wildman–Crippen MR) is 67.3 cm³/mol. The lowest BCUT2D eigenvalue weighted by Crippen LogP contribution is -1.77. The molecule has 0 saturated carbocycles. The van der Waals surface area contributed by atoms with Crippen LogP contribution in [0.3, 0.4) is 0 Å². The van der Waals surface area contributed by atoms with Gasteiger partial charge in [-0.15, -0.1) is 11.3 Å². The van der Waals surface area contributed by atoms with Crippen LogP contribution in [0, 0.1) is 0 Å². The summed E-state index contributed by atoms with van der Waals surface area (Å²) in [6.45, 7) is 0. The maximum atomic E-state index is 4.24. The smallest absolute Gasteiger partial charge is 0.0345 e. The molecule has 1 aromatic carbocycles. The first-order valence-corrected chi connectivity index (χ1v) is 6.10. The first kappa shape index (κ1) is 9.81. The van der Waals surface area contributed by atoms with E-state index in [-0.39, 0.29) is 0 Å². The highest BCUT2D eigenvalue weighted by molar-refractivity contribution is 7.80. The minimum absolute atomic E-state index is 0.925. The molecule has 0 unspecified atom stereocenters. The van der Waals surface area contributed by atoms with E-state index < -0.39 is 0 Å². The standard InChI is InChI=1S/C12H12S2/c13-9-8-11-6-7-12(14-11)10-4-2-1-3-5-10/h1-7,13H,8-9H2. The van der Waals surface area contributed by atoms with Gasteiger partial charge in [-0.2, -0.15) is 12.6 Å². The summed E-state index contributed by atoms with van der Waals surface area (Å²) in [6, 6.07) is 14.9. The Morgan fingerprint density at radius 3 is 2.50 bits per heavy atom. The zero-order valence-corrected chi connectivity index (χ0v) is 9.52. The number of aryl methyl sites for hydroxylation is 1. The van der Waals surface area contributed by atoms with Gasteiger partial charge in [0.2, 0.25) is 0 Å². The van der Waals surface area contributed by atoms with Gasteiger partial charge in [0, 0.05) is 9.75 Å². The van der Waals surface area contributed by atoms with Gasteiger partial charge < -0.3 is 0 Å². The molecule has 14 heavy (non-hydrogen) atoms. The fraction of sp³-hybridized carbons (Fsp3) is 0.167. The van der Waals surface area contributed by atoms with Crippen LogP contribution in [-0.2, 0) is 6.42 Å². The molecule has 72 valence electrons. The van der Waals surface area contributed by atoms with E-state index in [9.17, 15) is 0 Å². The number of hydrogen-bond donors (Lipinski definition) is 1. The lowest BCUT2D eigenvalue weighted by Gasteiger charge is -1.94. The van der Waals surface area contributed by atoms with Crippen LogP contribution in [-0.4, -0.2) is 5.75 Å². The number of benzene rings is 1. The van der Waals surface area contributed by atoms with Crippen molar-refractivity contribution in [2.75, 3.05) is 5.75 Å². The van der Waals surface area contributed by atoms with Crippen molar-refractivity contribution < 1.29 is 0 Å². The molecule has 0 nitrogen and oxygen atoms in total. The highest BCUT2D eigenvalue weighted by Crippen LogP contribution is 2.28. The van der Waals surface area contributed by atoms with Gasteiger partial charge in [-0.05, 0) is 29.9 Å². The van der Waals surface area contributed by atoms with Crippen LogP contribution in [0.1, 0.15) is 4.88 Å². The second kappa shape index (κ2) is 4.67. The molecule has 0 N–H and O–H groups in total. The Balaban J connectivity index is 2.25. The van der Waals surface area contributed by atoms with Crippen LogP contribution >= 0.6 is 24.0 Å². The summed E-state index contributed by atoms with van der Waals surface area (Å²) in [4.78, 5) is 2.77. The van der Waals surface area contributed by atoms with Crippen LogP contribution in [0.5, 0.6) is 0 Å². The van der Waals surface area contributed by atoms with Crippen LogP contribution < -0.4 is 0 Å². The molecule has 1 heterocycles. The van der Waals surface area contributed by atoms with Crippen molar-refractivity contribution >= 4 is 24.0 Å². The Morgan fingerprint density at radius 1 is 1.00 bits per heavy atom. The molecule has 0 aliphatic rings. The number of thiophene rings is 1. The number of thiol groups is 1. The zero-order chi connectivity index (χ0) is 9.80. The molecule has 0 atom stereocenters. The number of hydrogen-bond acceptors (Lipinski definition) is 2. The molecule has 1 aromatic heterocycles. The van der Waals surface area contributed by atoms with E-state index in [0.717, 1.165) is 12.2 Å². The van der Waals surface area contributed by atoms with E-state index in [2.05, 4.69) is 49.0 Å². The van der Waals surface area contributed by atoms with Crippen molar-refractivity contribution in [3.63, 3.8) is 0 Å². The third-order valence-electron chi connectivity index (χ3n) is 2.08. The average molecular weight is 220 g/mol. The van der Waals surface area contributed by atoms with Gasteiger partial charge in [0.05, 0.1) is 0 Å². The first-order valence-electron chi connectivity index (χ1n) is 4.65. The quantitative estimate of drug-likeness (QED) is 0.745. The van der Waals surface area contributed by atoms with Crippen LogP contribution in [0.2, 0.25) is 0 Å². The summed E-state index contributed by atoms with van der Waals surface area (Å²) in [6.07, 6.45) is 1.07. The summed E-state index contributed by atoms with van der Waals surface area (Å²) in [7, 11) is 0. The largest absolute Gasteiger partial charge is 0.179 e. The highest BCUT2D eigenvalue weighted by atomic mass is 32.1. The monoisotopic (exact) mass is 220 g/mol. The minimum Gasteiger partial charge on any atom is -0.179 e. The molecule has 2 aromatic rings. The fourth-order valence-corrected chi connectivity index (χ4v) is 2.78. The Kier molecular flexibility index (Phi) is 3.27. The zero-order valence-electron chi connectivity index (χ0n) is 7.81. The van der Waals surface area contributed by atoms with Crippen molar-refractivity contribution in [3.05, 3.63) is 47.3 Å². The van der Waals surface area contributed by atoms with E-state index in [1.54, 1.807) is 0 Å². The molecule has 0 aliphatic heterocycles. The lowest BCUT2D eigenvalue weighted by molar-refractivity contribution is 1.21. The van der Waals surface area contributed by atoms with Gasteiger partial charge in [0.25, 0.3) is 0 Å². The summed E-state index contributed by atoms with van der Waals surface area (Å²) in [5, 5.41) is 0. The number of rotatable bonds is 3. The van der Waals surface area contributed by atoms with Crippen molar-refractivity contribution in [1.29, 1.82) is 0 Å². The third-order valence-corrected chi connectivity index (χ3v) is 3.50. The summed E-state index contributed by atoms with van der Waals surface area (Å²) in [5.41, 5.74) is 1.31. The van der Waals surface area contributed by atoms with Crippen molar-refractivity contribution in [2.24, 2.45) is 0 Å². The van der Waals surface area contributed by atoms with Gasteiger partial charge in [0.1, 0.15) is 0 Å². The Labute approximate surface area is 94.0 Å².